The number of ether oxygens (including phenoxy) is 1. The number of carbonyl (C=O) groups excluding carboxylic acids is 1. The number of piperidine rings is 1. The minimum atomic E-state index is -0.486. The molecular formula is C21H25NO3. The van der Waals surface area contributed by atoms with Crippen LogP contribution in [0.15, 0.2) is 54.6 Å². The highest BCUT2D eigenvalue weighted by atomic mass is 16.5. The Morgan fingerprint density at radius 1 is 1.16 bits per heavy atom. The molecule has 1 fully saturated rings. The van der Waals surface area contributed by atoms with Crippen molar-refractivity contribution in [3.05, 3.63) is 71.3 Å². The van der Waals surface area contributed by atoms with Crippen molar-refractivity contribution in [3.63, 3.8) is 0 Å². The number of aliphatic hydroxyl groups is 1. The summed E-state index contributed by atoms with van der Waals surface area (Å²) < 4.78 is 5.13. The van der Waals surface area contributed by atoms with E-state index in [0.717, 1.165) is 18.4 Å². The molecule has 1 amide bonds. The van der Waals surface area contributed by atoms with Gasteiger partial charge in [0.15, 0.2) is 0 Å². The lowest BCUT2D eigenvalue weighted by atomic mass is 9.87. The van der Waals surface area contributed by atoms with Crippen molar-refractivity contribution in [1.82, 2.24) is 4.90 Å². The van der Waals surface area contributed by atoms with E-state index in [9.17, 15) is 9.90 Å². The van der Waals surface area contributed by atoms with Crippen molar-refractivity contribution in [2.75, 3.05) is 20.2 Å². The molecule has 2 aromatic rings. The zero-order valence-corrected chi connectivity index (χ0v) is 14.6. The van der Waals surface area contributed by atoms with Crippen molar-refractivity contribution in [1.29, 1.82) is 0 Å². The molecule has 1 aliphatic heterocycles. The maximum atomic E-state index is 12.7. The lowest BCUT2D eigenvalue weighted by Crippen LogP contribution is -2.47. The number of nitrogens with zero attached hydrogens (tertiary/aromatic N) is 1. The highest BCUT2D eigenvalue weighted by Gasteiger charge is 2.30. The van der Waals surface area contributed by atoms with Crippen LogP contribution in [0.1, 0.15) is 27.9 Å². The molecule has 0 bridgehead atoms. The summed E-state index contributed by atoms with van der Waals surface area (Å²) in [4.78, 5) is 14.5. The summed E-state index contributed by atoms with van der Waals surface area (Å²) >= 11 is 0. The van der Waals surface area contributed by atoms with E-state index in [4.69, 9.17) is 4.74 Å². The van der Waals surface area contributed by atoms with Crippen LogP contribution in [0.4, 0.5) is 0 Å². The topological polar surface area (TPSA) is 49.8 Å². The second kappa shape index (κ2) is 8.28. The van der Waals surface area contributed by atoms with Crippen LogP contribution in [0.5, 0.6) is 0 Å². The molecule has 1 heterocycles. The van der Waals surface area contributed by atoms with Gasteiger partial charge in [0.05, 0.1) is 12.7 Å². The molecule has 2 atom stereocenters. The fourth-order valence-electron chi connectivity index (χ4n) is 3.46. The highest BCUT2D eigenvalue weighted by molar-refractivity contribution is 5.94. The lowest BCUT2D eigenvalue weighted by Gasteiger charge is -2.36. The van der Waals surface area contributed by atoms with Gasteiger partial charge in [-0.1, -0.05) is 42.5 Å². The van der Waals surface area contributed by atoms with E-state index < -0.39 is 6.10 Å². The molecular weight excluding hydrogens is 314 g/mol. The van der Waals surface area contributed by atoms with Gasteiger partial charge in [-0.05, 0) is 42.0 Å². The quantitative estimate of drug-likeness (QED) is 0.911. The number of hydrogen-bond acceptors (Lipinski definition) is 3. The van der Waals surface area contributed by atoms with E-state index in [1.54, 1.807) is 12.0 Å². The van der Waals surface area contributed by atoms with Gasteiger partial charge in [-0.2, -0.15) is 0 Å². The first-order valence-electron chi connectivity index (χ1n) is 8.76. The molecule has 132 valence electrons. The summed E-state index contributed by atoms with van der Waals surface area (Å²) in [6.45, 7) is 1.57. The zero-order valence-electron chi connectivity index (χ0n) is 14.6. The van der Waals surface area contributed by atoms with E-state index in [0.29, 0.717) is 25.3 Å². The second-order valence-corrected chi connectivity index (χ2v) is 6.69. The minimum absolute atomic E-state index is 0.0184. The van der Waals surface area contributed by atoms with Crippen molar-refractivity contribution < 1.29 is 14.6 Å². The lowest BCUT2D eigenvalue weighted by molar-refractivity contribution is 0.0198. The zero-order chi connectivity index (χ0) is 17.6. The first-order valence-corrected chi connectivity index (χ1v) is 8.76. The Balaban J connectivity index is 1.62. The molecule has 0 saturated carbocycles. The van der Waals surface area contributed by atoms with Crippen molar-refractivity contribution in [2.24, 2.45) is 5.92 Å². The average Bonchev–Trinajstić information content (AvgIpc) is 2.64. The van der Waals surface area contributed by atoms with Crippen LogP contribution in [0.3, 0.4) is 0 Å². The summed E-state index contributed by atoms with van der Waals surface area (Å²) in [6, 6.07) is 17.7. The normalized spacial score (nSPS) is 20.5. The van der Waals surface area contributed by atoms with Gasteiger partial charge in [0.1, 0.15) is 0 Å². The van der Waals surface area contributed by atoms with Crippen molar-refractivity contribution >= 4 is 5.91 Å². The molecule has 4 heteroatoms. The first kappa shape index (κ1) is 17.6. The van der Waals surface area contributed by atoms with Gasteiger partial charge in [0.25, 0.3) is 5.91 Å². The monoisotopic (exact) mass is 339 g/mol. The number of hydrogen-bond donors (Lipinski definition) is 1. The standard InChI is InChI=1S/C21H25NO3/c1-25-15-17-8-5-9-19(13-17)21(24)22-11-10-18(20(23)14-22)12-16-6-3-2-4-7-16/h2-9,13,18,20,23H,10-12,14-15H2,1H3/t18-,20+/m1/s1. The van der Waals surface area contributed by atoms with E-state index in [1.165, 1.54) is 5.56 Å². The molecule has 0 radical (unpaired) electrons. The smallest absolute Gasteiger partial charge is 0.253 e. The molecule has 1 N–H and O–H groups in total. The second-order valence-electron chi connectivity index (χ2n) is 6.69. The fraction of sp³-hybridized carbons (Fsp3) is 0.381. The Kier molecular flexibility index (Phi) is 5.84. The summed E-state index contributed by atoms with van der Waals surface area (Å²) in [5, 5.41) is 10.5. The Morgan fingerprint density at radius 2 is 1.92 bits per heavy atom. The van der Waals surface area contributed by atoms with E-state index >= 15 is 0 Å². The third kappa shape index (κ3) is 4.47. The van der Waals surface area contributed by atoms with Gasteiger partial charge in [-0.15, -0.1) is 0 Å². The van der Waals surface area contributed by atoms with Crippen LogP contribution in [0.2, 0.25) is 0 Å². The van der Waals surface area contributed by atoms with Crippen LogP contribution in [0.25, 0.3) is 0 Å². The van der Waals surface area contributed by atoms with Crippen LogP contribution >= 0.6 is 0 Å². The predicted molar refractivity (Wildman–Crippen MR) is 97.3 cm³/mol. The summed E-state index contributed by atoms with van der Waals surface area (Å²) in [5.74, 6) is 0.182. The van der Waals surface area contributed by atoms with Crippen molar-refractivity contribution in [3.8, 4) is 0 Å². The molecule has 1 saturated heterocycles. The van der Waals surface area contributed by atoms with E-state index in [2.05, 4.69) is 12.1 Å². The third-order valence-corrected chi connectivity index (χ3v) is 4.83. The SMILES string of the molecule is COCc1cccc(C(=O)N2CC[C@H](Cc3ccccc3)[C@@H](O)C2)c1. The number of rotatable bonds is 5. The predicted octanol–water partition coefficient (Wildman–Crippen LogP) is 2.90. The van der Waals surface area contributed by atoms with Crippen LogP contribution in [-0.4, -0.2) is 42.2 Å². The third-order valence-electron chi connectivity index (χ3n) is 4.83. The van der Waals surface area contributed by atoms with Gasteiger partial charge in [-0.25, -0.2) is 0 Å². The average molecular weight is 339 g/mol. The summed E-state index contributed by atoms with van der Waals surface area (Å²) in [6.07, 6.45) is 1.19. The van der Waals surface area contributed by atoms with Gasteiger partial charge < -0.3 is 14.7 Å². The number of benzene rings is 2. The number of carbonyl (C=O) groups is 1. The molecule has 0 spiro atoms. The number of amides is 1. The number of aliphatic hydroxyl groups excluding tert-OH is 1. The molecule has 4 nitrogen and oxygen atoms in total. The number of methoxy groups -OCH3 is 1. The molecule has 0 aliphatic carbocycles. The summed E-state index contributed by atoms with van der Waals surface area (Å²) in [7, 11) is 1.64. The first-order chi connectivity index (χ1) is 12.2. The highest BCUT2D eigenvalue weighted by Crippen LogP contribution is 2.23. The van der Waals surface area contributed by atoms with Crippen molar-refractivity contribution in [2.45, 2.75) is 25.6 Å². The Morgan fingerprint density at radius 3 is 2.64 bits per heavy atom. The van der Waals surface area contributed by atoms with E-state index in [1.807, 2.05) is 42.5 Å². The maximum absolute atomic E-state index is 12.7. The van der Waals surface area contributed by atoms with Crippen LogP contribution in [0, 0.1) is 5.92 Å². The Hall–Kier alpha value is -2.17. The molecule has 0 unspecified atom stereocenters. The van der Waals surface area contributed by atoms with E-state index in [-0.39, 0.29) is 11.8 Å². The largest absolute Gasteiger partial charge is 0.391 e. The fourth-order valence-corrected chi connectivity index (χ4v) is 3.46. The molecule has 25 heavy (non-hydrogen) atoms. The Labute approximate surface area is 149 Å². The molecule has 1 aliphatic rings. The summed E-state index contributed by atoms with van der Waals surface area (Å²) in [5.41, 5.74) is 2.87. The van der Waals surface area contributed by atoms with Gasteiger partial charge in [-0.3, -0.25) is 4.79 Å². The molecule has 0 aromatic heterocycles. The van der Waals surface area contributed by atoms with Crippen LogP contribution in [-0.2, 0) is 17.8 Å². The van der Waals surface area contributed by atoms with Gasteiger partial charge in [0, 0.05) is 25.8 Å². The van der Waals surface area contributed by atoms with Gasteiger partial charge in [0.2, 0.25) is 0 Å². The maximum Gasteiger partial charge on any atom is 0.253 e. The molecule has 3 rings (SSSR count). The number of likely N-dealkylation sites (tertiary alicyclic amines) is 1. The van der Waals surface area contributed by atoms with Crippen LogP contribution < -0.4 is 0 Å². The van der Waals surface area contributed by atoms with Gasteiger partial charge >= 0.3 is 0 Å². The minimum Gasteiger partial charge on any atom is -0.391 e. The Bertz CT molecular complexity index is 701. The number of β-amino-alcohol motifs (C(OH)–C–C–N with tert-alkyl or cyclic N) is 1. The molecule has 2 aromatic carbocycles.